The van der Waals surface area contributed by atoms with Crippen molar-refractivity contribution < 1.29 is 14.3 Å². The predicted molar refractivity (Wildman–Crippen MR) is 93.6 cm³/mol. The van der Waals surface area contributed by atoms with Crippen molar-refractivity contribution >= 4 is 40.8 Å². The van der Waals surface area contributed by atoms with Crippen molar-refractivity contribution in [1.82, 2.24) is 0 Å². The molecule has 0 radical (unpaired) electrons. The number of ether oxygens (including phenoxy) is 1. The van der Waals surface area contributed by atoms with E-state index in [1.54, 1.807) is 47.4 Å². The first-order valence-corrected chi connectivity index (χ1v) is 8.31. The molecule has 1 aliphatic rings. The quantitative estimate of drug-likeness (QED) is 0.752. The SMILES string of the molecule is O=C(OCc1ccc(Cl)cc1Cl)c1ccc(N2CCCC2=O)cc1. The first kappa shape index (κ1) is 16.8. The normalized spacial score (nSPS) is 14.1. The van der Waals surface area contributed by atoms with E-state index in [9.17, 15) is 9.59 Å². The molecule has 1 fully saturated rings. The number of esters is 1. The van der Waals surface area contributed by atoms with Gasteiger partial charge in [0.05, 0.1) is 5.56 Å². The first-order valence-electron chi connectivity index (χ1n) is 7.56. The van der Waals surface area contributed by atoms with Crippen LogP contribution in [0.25, 0.3) is 0 Å². The molecule has 24 heavy (non-hydrogen) atoms. The van der Waals surface area contributed by atoms with Gasteiger partial charge < -0.3 is 9.64 Å². The van der Waals surface area contributed by atoms with Crippen LogP contribution in [0, 0.1) is 0 Å². The van der Waals surface area contributed by atoms with Gasteiger partial charge in [-0.1, -0.05) is 29.3 Å². The zero-order valence-corrected chi connectivity index (χ0v) is 14.3. The number of halogens is 2. The second-order valence-electron chi connectivity index (χ2n) is 5.51. The average molecular weight is 364 g/mol. The molecule has 124 valence electrons. The third kappa shape index (κ3) is 3.71. The molecule has 0 atom stereocenters. The molecular weight excluding hydrogens is 349 g/mol. The van der Waals surface area contributed by atoms with E-state index in [0.717, 1.165) is 18.7 Å². The van der Waals surface area contributed by atoms with Crippen molar-refractivity contribution in [3.8, 4) is 0 Å². The number of nitrogens with zero attached hydrogens (tertiary/aromatic N) is 1. The zero-order chi connectivity index (χ0) is 17.1. The summed E-state index contributed by atoms with van der Waals surface area (Å²) in [6, 6.07) is 11.9. The minimum atomic E-state index is -0.444. The van der Waals surface area contributed by atoms with Crippen LogP contribution in [-0.4, -0.2) is 18.4 Å². The summed E-state index contributed by atoms with van der Waals surface area (Å²) in [5, 5.41) is 0.986. The molecule has 6 heteroatoms. The molecule has 4 nitrogen and oxygen atoms in total. The lowest BCUT2D eigenvalue weighted by atomic mass is 10.2. The number of anilines is 1. The van der Waals surface area contributed by atoms with Crippen molar-refractivity contribution in [2.75, 3.05) is 11.4 Å². The summed E-state index contributed by atoms with van der Waals surface area (Å²) in [4.78, 5) is 25.6. The summed E-state index contributed by atoms with van der Waals surface area (Å²) >= 11 is 11.9. The largest absolute Gasteiger partial charge is 0.457 e. The van der Waals surface area contributed by atoms with Gasteiger partial charge in [-0.15, -0.1) is 0 Å². The molecule has 0 bridgehead atoms. The van der Waals surface area contributed by atoms with Crippen molar-refractivity contribution in [2.24, 2.45) is 0 Å². The predicted octanol–water partition coefficient (Wildman–Crippen LogP) is 4.48. The van der Waals surface area contributed by atoms with Gasteiger partial charge in [-0.2, -0.15) is 0 Å². The second kappa shape index (κ2) is 7.24. The highest BCUT2D eigenvalue weighted by atomic mass is 35.5. The molecule has 0 aromatic heterocycles. The number of hydrogen-bond acceptors (Lipinski definition) is 3. The zero-order valence-electron chi connectivity index (χ0n) is 12.8. The molecule has 0 saturated carbocycles. The van der Waals surface area contributed by atoms with Gasteiger partial charge in [-0.3, -0.25) is 4.79 Å². The minimum Gasteiger partial charge on any atom is -0.457 e. The fraction of sp³-hybridized carbons (Fsp3) is 0.222. The van der Waals surface area contributed by atoms with Gasteiger partial charge in [0.25, 0.3) is 0 Å². The fourth-order valence-corrected chi connectivity index (χ4v) is 3.03. The summed E-state index contributed by atoms with van der Waals surface area (Å²) in [6.45, 7) is 0.791. The van der Waals surface area contributed by atoms with Gasteiger partial charge >= 0.3 is 5.97 Å². The van der Waals surface area contributed by atoms with E-state index in [0.29, 0.717) is 27.6 Å². The number of benzene rings is 2. The lowest BCUT2D eigenvalue weighted by Crippen LogP contribution is -2.23. The molecule has 0 N–H and O–H groups in total. The van der Waals surface area contributed by atoms with Crippen LogP contribution in [0.3, 0.4) is 0 Å². The van der Waals surface area contributed by atoms with Gasteiger partial charge in [0, 0.05) is 34.3 Å². The number of carbonyl (C=O) groups excluding carboxylic acids is 2. The highest BCUT2D eigenvalue weighted by Crippen LogP contribution is 2.23. The Labute approximate surface area is 149 Å². The number of carbonyl (C=O) groups is 2. The van der Waals surface area contributed by atoms with Gasteiger partial charge in [0.1, 0.15) is 6.61 Å². The van der Waals surface area contributed by atoms with E-state index in [-0.39, 0.29) is 12.5 Å². The van der Waals surface area contributed by atoms with E-state index >= 15 is 0 Å². The van der Waals surface area contributed by atoms with E-state index < -0.39 is 5.97 Å². The van der Waals surface area contributed by atoms with Crippen LogP contribution in [0.1, 0.15) is 28.8 Å². The lowest BCUT2D eigenvalue weighted by Gasteiger charge is -2.15. The van der Waals surface area contributed by atoms with Crippen LogP contribution in [0.15, 0.2) is 42.5 Å². The number of rotatable bonds is 4. The van der Waals surface area contributed by atoms with Crippen LogP contribution in [-0.2, 0) is 16.1 Å². The van der Waals surface area contributed by atoms with E-state index in [1.807, 2.05) is 0 Å². The monoisotopic (exact) mass is 363 g/mol. The van der Waals surface area contributed by atoms with E-state index in [4.69, 9.17) is 27.9 Å². The maximum absolute atomic E-state index is 12.1. The third-order valence-corrected chi connectivity index (χ3v) is 4.45. The first-order chi connectivity index (χ1) is 11.5. The topological polar surface area (TPSA) is 46.6 Å². The van der Waals surface area contributed by atoms with Gasteiger partial charge in [-0.25, -0.2) is 4.79 Å². The molecule has 1 heterocycles. The standard InChI is InChI=1S/C18H15Cl2NO3/c19-14-6-3-13(16(20)10-14)11-24-18(23)12-4-7-15(8-5-12)21-9-1-2-17(21)22/h3-8,10H,1-2,9,11H2. The molecule has 3 rings (SSSR count). The van der Waals surface area contributed by atoms with Gasteiger partial charge in [-0.05, 0) is 42.8 Å². The summed E-state index contributed by atoms with van der Waals surface area (Å²) in [7, 11) is 0. The Morgan fingerprint density at radius 2 is 1.88 bits per heavy atom. The molecule has 1 aliphatic heterocycles. The highest BCUT2D eigenvalue weighted by molar-refractivity contribution is 6.35. The van der Waals surface area contributed by atoms with Crippen LogP contribution in [0.4, 0.5) is 5.69 Å². The Morgan fingerprint density at radius 1 is 1.12 bits per heavy atom. The third-order valence-electron chi connectivity index (χ3n) is 3.86. The maximum Gasteiger partial charge on any atom is 0.338 e. The molecule has 0 spiro atoms. The van der Waals surface area contributed by atoms with E-state index in [1.165, 1.54) is 0 Å². The number of amides is 1. The van der Waals surface area contributed by atoms with Crippen molar-refractivity contribution in [3.63, 3.8) is 0 Å². The summed E-state index contributed by atoms with van der Waals surface area (Å²) in [5.74, 6) is -0.331. The van der Waals surface area contributed by atoms with Crippen LogP contribution in [0.5, 0.6) is 0 Å². The van der Waals surface area contributed by atoms with Crippen LogP contribution < -0.4 is 4.90 Å². The van der Waals surface area contributed by atoms with Gasteiger partial charge in [0.2, 0.25) is 5.91 Å². The molecule has 0 aliphatic carbocycles. The molecule has 0 unspecified atom stereocenters. The Morgan fingerprint density at radius 3 is 2.50 bits per heavy atom. The lowest BCUT2D eigenvalue weighted by molar-refractivity contribution is -0.117. The molecule has 2 aromatic carbocycles. The average Bonchev–Trinajstić information content (AvgIpc) is 3.00. The highest BCUT2D eigenvalue weighted by Gasteiger charge is 2.21. The minimum absolute atomic E-state index is 0.0706. The van der Waals surface area contributed by atoms with Crippen molar-refractivity contribution in [2.45, 2.75) is 19.4 Å². The Kier molecular flexibility index (Phi) is 5.07. The summed E-state index contributed by atoms with van der Waals surface area (Å²) < 4.78 is 5.27. The Hall–Kier alpha value is -2.04. The van der Waals surface area contributed by atoms with E-state index in [2.05, 4.69) is 0 Å². The van der Waals surface area contributed by atoms with Crippen LogP contribution in [0.2, 0.25) is 10.0 Å². The number of hydrogen-bond donors (Lipinski definition) is 0. The van der Waals surface area contributed by atoms with Crippen molar-refractivity contribution in [3.05, 3.63) is 63.6 Å². The smallest absolute Gasteiger partial charge is 0.338 e. The van der Waals surface area contributed by atoms with Crippen molar-refractivity contribution in [1.29, 1.82) is 0 Å². The molecule has 2 aromatic rings. The molecule has 1 amide bonds. The maximum atomic E-state index is 12.1. The van der Waals surface area contributed by atoms with Gasteiger partial charge in [0.15, 0.2) is 0 Å². The Bertz CT molecular complexity index is 774. The Balaban J connectivity index is 1.63. The second-order valence-corrected chi connectivity index (χ2v) is 6.35. The summed E-state index contributed by atoms with van der Waals surface area (Å²) in [5.41, 5.74) is 1.92. The van der Waals surface area contributed by atoms with Crippen LogP contribution >= 0.6 is 23.2 Å². The fourth-order valence-electron chi connectivity index (χ4n) is 2.56. The molecular formula is C18H15Cl2NO3. The molecule has 1 saturated heterocycles. The summed E-state index contributed by atoms with van der Waals surface area (Å²) in [6.07, 6.45) is 1.44.